The highest BCUT2D eigenvalue weighted by atomic mass is 16.2. The summed E-state index contributed by atoms with van der Waals surface area (Å²) in [5.74, 6) is -1.80. The number of carbonyl (C=O) groups excluding carboxylic acids is 5. The minimum Gasteiger partial charge on any atom is -0.345 e. The van der Waals surface area contributed by atoms with E-state index >= 15 is 0 Å². The molecule has 2 rings (SSSR count). The third-order valence-electron chi connectivity index (χ3n) is 5.52. The van der Waals surface area contributed by atoms with Crippen molar-refractivity contribution in [1.82, 2.24) is 15.5 Å². The summed E-state index contributed by atoms with van der Waals surface area (Å²) >= 11 is 0. The number of hydrogen-bond donors (Lipinski definition) is 3. The Kier molecular flexibility index (Phi) is 10.4. The molecule has 5 amide bonds. The summed E-state index contributed by atoms with van der Waals surface area (Å²) in [6.07, 6.45) is 5.48. The van der Waals surface area contributed by atoms with Gasteiger partial charge in [0.1, 0.15) is 6.04 Å². The van der Waals surface area contributed by atoms with Crippen LogP contribution < -0.4 is 16.0 Å². The summed E-state index contributed by atoms with van der Waals surface area (Å²) in [5.41, 5.74) is 1.82. The van der Waals surface area contributed by atoms with Gasteiger partial charge in [0, 0.05) is 30.8 Å². The van der Waals surface area contributed by atoms with Gasteiger partial charge in [-0.2, -0.15) is 0 Å². The highest BCUT2D eigenvalue weighted by Gasteiger charge is 2.25. The molecule has 1 aromatic carbocycles. The number of nitrogens with zero attached hydrogens (tertiary/aromatic N) is 1. The highest BCUT2D eigenvalue weighted by Crippen LogP contribution is 2.10. The van der Waals surface area contributed by atoms with Gasteiger partial charge in [-0.05, 0) is 42.9 Å². The fourth-order valence-corrected chi connectivity index (χ4v) is 3.47. The number of rotatable bonds is 13. The Balaban J connectivity index is 1.69. The van der Waals surface area contributed by atoms with Gasteiger partial charge in [-0.25, -0.2) is 0 Å². The lowest BCUT2D eigenvalue weighted by Gasteiger charge is -2.21. The predicted molar refractivity (Wildman–Crippen MR) is 129 cm³/mol. The molecule has 1 atom stereocenters. The summed E-state index contributed by atoms with van der Waals surface area (Å²) in [6.45, 7) is 5.81. The average molecular weight is 471 g/mol. The van der Waals surface area contributed by atoms with Crippen LogP contribution in [-0.2, 0) is 30.4 Å². The number of carbonyl (C=O) groups is 5. The van der Waals surface area contributed by atoms with Gasteiger partial charge in [0.25, 0.3) is 11.8 Å². The topological polar surface area (TPSA) is 125 Å². The molecule has 184 valence electrons. The van der Waals surface area contributed by atoms with Crippen molar-refractivity contribution >= 4 is 35.2 Å². The van der Waals surface area contributed by atoms with E-state index in [9.17, 15) is 24.0 Å². The van der Waals surface area contributed by atoms with Gasteiger partial charge in [-0.1, -0.05) is 39.3 Å². The largest absolute Gasteiger partial charge is 0.345 e. The monoisotopic (exact) mass is 470 g/mol. The molecule has 3 N–H and O–H groups in total. The molecule has 9 heteroatoms. The third-order valence-corrected chi connectivity index (χ3v) is 5.52. The van der Waals surface area contributed by atoms with Crippen molar-refractivity contribution in [2.24, 2.45) is 5.92 Å². The van der Waals surface area contributed by atoms with Crippen LogP contribution in [0.25, 0.3) is 0 Å². The number of benzene rings is 1. The first-order chi connectivity index (χ1) is 16.2. The zero-order chi connectivity index (χ0) is 25.1. The minimum absolute atomic E-state index is 0.159. The molecular weight excluding hydrogens is 436 g/mol. The van der Waals surface area contributed by atoms with E-state index in [-0.39, 0.29) is 42.5 Å². The first-order valence-electron chi connectivity index (χ1n) is 11.7. The van der Waals surface area contributed by atoms with Crippen LogP contribution in [0.2, 0.25) is 0 Å². The second-order valence-corrected chi connectivity index (χ2v) is 8.58. The van der Waals surface area contributed by atoms with Gasteiger partial charge in [0.05, 0.1) is 6.54 Å². The van der Waals surface area contributed by atoms with Crippen LogP contribution in [-0.4, -0.2) is 53.6 Å². The van der Waals surface area contributed by atoms with Gasteiger partial charge in [-0.15, -0.1) is 0 Å². The summed E-state index contributed by atoms with van der Waals surface area (Å²) < 4.78 is 0. The lowest BCUT2D eigenvalue weighted by Crippen LogP contribution is -2.51. The molecular formula is C25H34N4O5. The van der Waals surface area contributed by atoms with Crippen molar-refractivity contribution in [3.63, 3.8) is 0 Å². The Hall–Kier alpha value is -3.49. The standard InChI is InChI=1S/C25H34N4O5/c1-4-18-9-11-19(12-10-18)27-21(31)16-26-25(34)24(17(2)3)28-20(30)8-6-5-7-15-29-22(32)13-14-23(29)33/h9-14,17,24H,4-8,15-16H2,1-3H3,(H,26,34)(H,27,31)(H,28,30). The van der Waals surface area contributed by atoms with E-state index in [0.29, 0.717) is 31.5 Å². The van der Waals surface area contributed by atoms with Crippen molar-refractivity contribution in [2.75, 3.05) is 18.4 Å². The molecule has 1 aliphatic heterocycles. The van der Waals surface area contributed by atoms with Gasteiger partial charge in [0.15, 0.2) is 0 Å². The van der Waals surface area contributed by atoms with E-state index < -0.39 is 11.9 Å². The van der Waals surface area contributed by atoms with Crippen LogP contribution in [0, 0.1) is 5.92 Å². The number of anilines is 1. The summed E-state index contributed by atoms with van der Waals surface area (Å²) in [5, 5.41) is 8.06. The quantitative estimate of drug-likeness (QED) is 0.300. The first-order valence-corrected chi connectivity index (χ1v) is 11.7. The van der Waals surface area contributed by atoms with Crippen molar-refractivity contribution in [3.05, 3.63) is 42.0 Å². The van der Waals surface area contributed by atoms with E-state index in [0.717, 1.165) is 12.0 Å². The Morgan fingerprint density at radius 2 is 1.56 bits per heavy atom. The van der Waals surface area contributed by atoms with Crippen LogP contribution in [0.1, 0.15) is 52.0 Å². The number of nitrogens with one attached hydrogen (secondary N) is 3. The molecule has 0 bridgehead atoms. The predicted octanol–water partition coefficient (Wildman–Crippen LogP) is 1.93. The van der Waals surface area contributed by atoms with Crippen molar-refractivity contribution in [1.29, 1.82) is 0 Å². The number of aryl methyl sites for hydroxylation is 1. The molecule has 0 saturated carbocycles. The van der Waals surface area contributed by atoms with Gasteiger partial charge in [-0.3, -0.25) is 28.9 Å². The Bertz CT molecular complexity index is 906. The molecule has 0 aliphatic carbocycles. The maximum Gasteiger partial charge on any atom is 0.253 e. The van der Waals surface area contributed by atoms with Crippen LogP contribution in [0.5, 0.6) is 0 Å². The number of hydrogen-bond acceptors (Lipinski definition) is 5. The van der Waals surface area contributed by atoms with E-state index in [1.54, 1.807) is 0 Å². The number of imide groups is 1. The van der Waals surface area contributed by atoms with Crippen LogP contribution in [0.4, 0.5) is 5.69 Å². The molecule has 1 aliphatic rings. The van der Waals surface area contributed by atoms with Gasteiger partial charge in [0.2, 0.25) is 17.7 Å². The van der Waals surface area contributed by atoms with Crippen molar-refractivity contribution < 1.29 is 24.0 Å². The smallest absolute Gasteiger partial charge is 0.253 e. The first kappa shape index (κ1) is 26.8. The molecule has 1 unspecified atom stereocenters. The molecule has 0 saturated heterocycles. The number of unbranched alkanes of at least 4 members (excludes halogenated alkanes) is 2. The van der Waals surface area contributed by atoms with Crippen LogP contribution >= 0.6 is 0 Å². The summed E-state index contributed by atoms with van der Waals surface area (Å²) in [7, 11) is 0. The van der Waals surface area contributed by atoms with Crippen LogP contribution in [0.15, 0.2) is 36.4 Å². The zero-order valence-corrected chi connectivity index (χ0v) is 20.1. The second-order valence-electron chi connectivity index (χ2n) is 8.58. The van der Waals surface area contributed by atoms with Gasteiger partial charge >= 0.3 is 0 Å². The van der Waals surface area contributed by atoms with E-state index in [1.165, 1.54) is 17.1 Å². The Labute approximate surface area is 200 Å². The lowest BCUT2D eigenvalue weighted by atomic mass is 10.0. The molecule has 0 aromatic heterocycles. The fraction of sp³-hybridized carbons (Fsp3) is 0.480. The summed E-state index contributed by atoms with van der Waals surface area (Å²) in [6, 6.07) is 6.73. The van der Waals surface area contributed by atoms with E-state index in [1.807, 2.05) is 45.0 Å². The molecule has 34 heavy (non-hydrogen) atoms. The maximum absolute atomic E-state index is 12.6. The van der Waals surface area contributed by atoms with Crippen LogP contribution in [0.3, 0.4) is 0 Å². The molecule has 0 radical (unpaired) electrons. The minimum atomic E-state index is -0.755. The van der Waals surface area contributed by atoms with E-state index in [4.69, 9.17) is 0 Å². The van der Waals surface area contributed by atoms with Gasteiger partial charge < -0.3 is 16.0 Å². The van der Waals surface area contributed by atoms with Crippen molar-refractivity contribution in [2.45, 2.75) is 58.9 Å². The molecule has 9 nitrogen and oxygen atoms in total. The third kappa shape index (κ3) is 8.46. The molecule has 1 heterocycles. The zero-order valence-electron chi connectivity index (χ0n) is 20.1. The molecule has 0 spiro atoms. The highest BCUT2D eigenvalue weighted by molar-refractivity contribution is 6.12. The Morgan fingerprint density at radius 3 is 2.15 bits per heavy atom. The molecule has 0 fully saturated rings. The maximum atomic E-state index is 12.6. The molecule has 1 aromatic rings. The normalized spacial score (nSPS) is 13.8. The summed E-state index contributed by atoms with van der Waals surface area (Å²) in [4.78, 5) is 61.2. The lowest BCUT2D eigenvalue weighted by molar-refractivity contribution is -0.137. The van der Waals surface area contributed by atoms with Crippen molar-refractivity contribution in [3.8, 4) is 0 Å². The number of amides is 5. The second kappa shape index (κ2) is 13.3. The van der Waals surface area contributed by atoms with E-state index in [2.05, 4.69) is 16.0 Å². The fourth-order valence-electron chi connectivity index (χ4n) is 3.47. The Morgan fingerprint density at radius 1 is 0.912 bits per heavy atom. The SMILES string of the molecule is CCc1ccc(NC(=O)CNC(=O)C(NC(=O)CCCCCN2C(=O)C=CC2=O)C(C)C)cc1. The average Bonchev–Trinajstić information content (AvgIpc) is 3.13.